The monoisotopic (exact) mass is 433 g/mol. The molecule has 12 nitrogen and oxygen atoms in total. The van der Waals surface area contributed by atoms with Crippen molar-refractivity contribution in [1.82, 2.24) is 35.6 Å². The summed E-state index contributed by atoms with van der Waals surface area (Å²) in [6.45, 7) is 5.81. The average Bonchev–Trinajstić information content (AvgIpc) is 3.34. The number of rotatable bonds is 8. The molecule has 0 atom stereocenters. The molecule has 0 unspecified atom stereocenters. The number of halogens is 1. The SMILES string of the molecule is CCN(CC)Cc1c(C(=O)NN=Cc2cc(Cl)ccc2O)nnn1-c1nonc1N. The van der Waals surface area contributed by atoms with Gasteiger partial charge in [0.05, 0.1) is 11.9 Å². The Morgan fingerprint density at radius 3 is 2.83 bits per heavy atom. The Bertz CT molecular complexity index is 1060. The number of amides is 1. The molecule has 0 fully saturated rings. The van der Waals surface area contributed by atoms with E-state index in [9.17, 15) is 9.90 Å². The third kappa shape index (κ3) is 4.55. The summed E-state index contributed by atoms with van der Waals surface area (Å²) in [5.74, 6) is -0.478. The number of aromatic hydroxyl groups is 1. The predicted octanol–water partition coefficient (Wildman–Crippen LogP) is 1.20. The van der Waals surface area contributed by atoms with E-state index in [2.05, 4.69) is 40.7 Å². The van der Waals surface area contributed by atoms with E-state index in [1.165, 1.54) is 29.1 Å². The molecule has 1 aromatic carbocycles. The molecule has 0 aliphatic carbocycles. The number of hydrogen-bond acceptors (Lipinski definition) is 10. The fraction of sp³-hybridized carbons (Fsp3) is 0.294. The van der Waals surface area contributed by atoms with Crippen molar-refractivity contribution >= 4 is 29.5 Å². The summed E-state index contributed by atoms with van der Waals surface area (Å²) in [4.78, 5) is 14.8. The molecule has 1 amide bonds. The lowest BCUT2D eigenvalue weighted by atomic mass is 10.2. The molecule has 0 spiro atoms. The number of phenolic OH excluding ortho intramolecular Hbond substituents is 1. The number of nitrogens with two attached hydrogens (primary N) is 1. The number of benzene rings is 1. The lowest BCUT2D eigenvalue weighted by Gasteiger charge is -2.18. The van der Waals surface area contributed by atoms with Gasteiger partial charge in [-0.1, -0.05) is 30.7 Å². The first-order chi connectivity index (χ1) is 14.4. The van der Waals surface area contributed by atoms with Crippen molar-refractivity contribution in [2.24, 2.45) is 5.10 Å². The fourth-order valence-electron chi connectivity index (χ4n) is 2.63. The van der Waals surface area contributed by atoms with Gasteiger partial charge in [0.1, 0.15) is 5.75 Å². The molecule has 0 aliphatic rings. The summed E-state index contributed by atoms with van der Waals surface area (Å²) < 4.78 is 5.94. The summed E-state index contributed by atoms with van der Waals surface area (Å²) in [6.07, 6.45) is 1.27. The maximum atomic E-state index is 12.7. The van der Waals surface area contributed by atoms with E-state index in [-0.39, 0.29) is 23.1 Å². The number of phenols is 1. The number of carbonyl (C=O) groups is 1. The summed E-state index contributed by atoms with van der Waals surface area (Å²) >= 11 is 5.90. The minimum atomic E-state index is -0.601. The van der Waals surface area contributed by atoms with E-state index in [0.29, 0.717) is 22.8 Å². The molecular weight excluding hydrogens is 414 g/mol. The van der Waals surface area contributed by atoms with E-state index < -0.39 is 5.91 Å². The van der Waals surface area contributed by atoms with Crippen LogP contribution in [0.2, 0.25) is 5.02 Å². The number of carbonyl (C=O) groups excluding carboxylic acids is 1. The van der Waals surface area contributed by atoms with Crippen molar-refractivity contribution < 1.29 is 14.5 Å². The van der Waals surface area contributed by atoms with Crippen molar-refractivity contribution in [3.8, 4) is 11.6 Å². The minimum Gasteiger partial charge on any atom is -0.507 e. The van der Waals surface area contributed by atoms with Crippen LogP contribution >= 0.6 is 11.6 Å². The zero-order valence-corrected chi connectivity index (χ0v) is 17.0. The van der Waals surface area contributed by atoms with Gasteiger partial charge < -0.3 is 10.8 Å². The van der Waals surface area contributed by atoms with Crippen LogP contribution in [-0.4, -0.2) is 60.5 Å². The highest BCUT2D eigenvalue weighted by Gasteiger charge is 2.24. The van der Waals surface area contributed by atoms with Crippen LogP contribution in [0.25, 0.3) is 5.82 Å². The number of nitrogens with one attached hydrogen (secondary N) is 1. The average molecular weight is 434 g/mol. The number of anilines is 1. The molecule has 3 rings (SSSR count). The Morgan fingerprint density at radius 2 is 2.17 bits per heavy atom. The van der Waals surface area contributed by atoms with Crippen molar-refractivity contribution in [3.63, 3.8) is 0 Å². The first kappa shape index (κ1) is 21.2. The highest BCUT2D eigenvalue weighted by molar-refractivity contribution is 6.30. The van der Waals surface area contributed by atoms with Gasteiger partial charge in [0, 0.05) is 17.1 Å². The van der Waals surface area contributed by atoms with Crippen LogP contribution in [0.5, 0.6) is 5.75 Å². The van der Waals surface area contributed by atoms with Crippen LogP contribution in [-0.2, 0) is 6.54 Å². The molecule has 0 bridgehead atoms. The topological polar surface area (TPSA) is 161 Å². The van der Waals surface area contributed by atoms with Crippen LogP contribution in [0.15, 0.2) is 27.9 Å². The molecule has 3 aromatic rings. The Balaban J connectivity index is 1.87. The molecule has 0 radical (unpaired) electrons. The molecule has 30 heavy (non-hydrogen) atoms. The second-order valence-corrected chi connectivity index (χ2v) is 6.57. The first-order valence-electron chi connectivity index (χ1n) is 9.01. The second-order valence-electron chi connectivity index (χ2n) is 6.13. The molecule has 2 heterocycles. The van der Waals surface area contributed by atoms with E-state index >= 15 is 0 Å². The Morgan fingerprint density at radius 1 is 1.40 bits per heavy atom. The predicted molar refractivity (Wildman–Crippen MR) is 108 cm³/mol. The summed E-state index contributed by atoms with van der Waals surface area (Å²) in [5, 5.41) is 29.3. The smallest absolute Gasteiger partial charge is 0.293 e. The third-order valence-electron chi connectivity index (χ3n) is 4.30. The van der Waals surface area contributed by atoms with Gasteiger partial charge in [-0.15, -0.1) is 5.10 Å². The summed E-state index contributed by atoms with van der Waals surface area (Å²) in [6, 6.07) is 4.47. The molecular formula is C17H20ClN9O3. The normalized spacial score (nSPS) is 11.5. The van der Waals surface area contributed by atoms with Crippen molar-refractivity contribution in [2.45, 2.75) is 20.4 Å². The number of nitrogen functional groups attached to an aromatic ring is 1. The summed E-state index contributed by atoms with van der Waals surface area (Å²) in [7, 11) is 0. The van der Waals surface area contributed by atoms with Gasteiger partial charge in [-0.25, -0.2) is 10.1 Å². The molecule has 0 saturated carbocycles. The molecule has 13 heteroatoms. The van der Waals surface area contributed by atoms with Crippen molar-refractivity contribution in [3.05, 3.63) is 40.2 Å². The maximum absolute atomic E-state index is 12.7. The van der Waals surface area contributed by atoms with E-state index in [4.69, 9.17) is 17.3 Å². The van der Waals surface area contributed by atoms with Gasteiger partial charge in [-0.2, -0.15) is 9.78 Å². The molecule has 158 valence electrons. The molecule has 2 aromatic heterocycles. The number of hydrogen-bond donors (Lipinski definition) is 3. The highest BCUT2D eigenvalue weighted by atomic mass is 35.5. The Kier molecular flexibility index (Phi) is 6.59. The second kappa shape index (κ2) is 9.33. The van der Waals surface area contributed by atoms with Gasteiger partial charge >= 0.3 is 0 Å². The minimum absolute atomic E-state index is 0.0158. The maximum Gasteiger partial charge on any atom is 0.293 e. The van der Waals surface area contributed by atoms with Gasteiger partial charge in [0.2, 0.25) is 11.6 Å². The highest BCUT2D eigenvalue weighted by Crippen LogP contribution is 2.20. The lowest BCUT2D eigenvalue weighted by Crippen LogP contribution is -2.27. The third-order valence-corrected chi connectivity index (χ3v) is 4.54. The van der Waals surface area contributed by atoms with Gasteiger partial charge in [0.25, 0.3) is 5.91 Å². The van der Waals surface area contributed by atoms with Crippen LogP contribution in [0.1, 0.15) is 35.6 Å². The zero-order chi connectivity index (χ0) is 21.7. The standard InChI is InChI=1S/C17H20ClN9O3/c1-3-26(4-2)9-12-14(21-25-27(12)16-15(19)23-30-24-16)17(29)22-20-8-10-7-11(18)5-6-13(10)28/h5-8,28H,3-4,9H2,1-2H3,(H2,19,23)(H,22,29). The van der Waals surface area contributed by atoms with Crippen LogP contribution < -0.4 is 11.2 Å². The molecule has 4 N–H and O–H groups in total. The van der Waals surface area contributed by atoms with Crippen LogP contribution in [0.3, 0.4) is 0 Å². The molecule has 0 aliphatic heterocycles. The van der Waals surface area contributed by atoms with Crippen molar-refractivity contribution in [2.75, 3.05) is 18.8 Å². The number of nitrogens with zero attached hydrogens (tertiary/aromatic N) is 7. The first-order valence-corrected chi connectivity index (χ1v) is 9.39. The van der Waals surface area contributed by atoms with Gasteiger partial charge in [-0.3, -0.25) is 9.69 Å². The van der Waals surface area contributed by atoms with E-state index in [1.54, 1.807) is 0 Å². The Labute approximate surface area is 176 Å². The summed E-state index contributed by atoms with van der Waals surface area (Å²) in [5.41, 5.74) is 8.96. The van der Waals surface area contributed by atoms with E-state index in [1.807, 2.05) is 13.8 Å². The van der Waals surface area contributed by atoms with Crippen LogP contribution in [0.4, 0.5) is 5.82 Å². The van der Waals surface area contributed by atoms with Crippen LogP contribution in [0, 0.1) is 0 Å². The fourth-order valence-corrected chi connectivity index (χ4v) is 2.81. The van der Waals surface area contributed by atoms with Gasteiger partial charge in [0.15, 0.2) is 5.69 Å². The lowest BCUT2D eigenvalue weighted by molar-refractivity contribution is 0.0948. The number of hydrazone groups is 1. The molecule has 0 saturated heterocycles. The zero-order valence-electron chi connectivity index (χ0n) is 16.3. The quantitative estimate of drug-likeness (QED) is 0.350. The largest absolute Gasteiger partial charge is 0.507 e. The van der Waals surface area contributed by atoms with Crippen molar-refractivity contribution in [1.29, 1.82) is 0 Å². The Hall–Kier alpha value is -3.51. The van der Waals surface area contributed by atoms with Gasteiger partial charge in [-0.05, 0) is 41.6 Å². The van der Waals surface area contributed by atoms with E-state index in [0.717, 1.165) is 13.1 Å². The number of aromatic nitrogens is 5.